The van der Waals surface area contributed by atoms with Gasteiger partial charge in [-0.2, -0.15) is 0 Å². The summed E-state index contributed by atoms with van der Waals surface area (Å²) in [7, 11) is 0. The zero-order valence-corrected chi connectivity index (χ0v) is 10.8. The van der Waals surface area contributed by atoms with E-state index in [0.29, 0.717) is 6.54 Å². The van der Waals surface area contributed by atoms with Crippen molar-refractivity contribution in [3.8, 4) is 0 Å². The van der Waals surface area contributed by atoms with E-state index >= 15 is 0 Å². The molecule has 17 heavy (non-hydrogen) atoms. The summed E-state index contributed by atoms with van der Waals surface area (Å²) in [5.41, 5.74) is 1.05. The lowest BCUT2D eigenvalue weighted by molar-refractivity contribution is 1.04. The molecule has 0 fully saturated rings. The van der Waals surface area contributed by atoms with E-state index in [1.54, 1.807) is 29.0 Å². The highest BCUT2D eigenvalue weighted by molar-refractivity contribution is 7.16. The number of nitrogens with one attached hydrogen (secondary N) is 1. The predicted octanol–water partition coefficient (Wildman–Crippen LogP) is 3.07. The summed E-state index contributed by atoms with van der Waals surface area (Å²) in [4.78, 5) is 13.9. The molecule has 3 aromatic rings. The van der Waals surface area contributed by atoms with E-state index in [9.17, 15) is 0 Å². The summed E-state index contributed by atoms with van der Waals surface area (Å²) in [5.74, 6) is 0.877. The van der Waals surface area contributed by atoms with Crippen molar-refractivity contribution in [1.29, 1.82) is 0 Å². The molecule has 0 aromatic carbocycles. The third-order valence-corrected chi connectivity index (χ3v) is 4.01. The highest BCUT2D eigenvalue weighted by atomic mass is 32.1. The van der Waals surface area contributed by atoms with Crippen LogP contribution in [0.5, 0.6) is 0 Å². The van der Waals surface area contributed by atoms with Gasteiger partial charge < -0.3 is 5.32 Å². The van der Waals surface area contributed by atoms with E-state index in [1.807, 2.05) is 18.4 Å². The normalized spacial score (nSPS) is 10.9. The molecule has 3 aromatic heterocycles. The molecule has 86 valence electrons. The first-order valence-corrected chi connectivity index (χ1v) is 6.92. The highest BCUT2D eigenvalue weighted by Gasteiger charge is 2.05. The summed E-state index contributed by atoms with van der Waals surface area (Å²) in [5, 5.41) is 9.55. The van der Waals surface area contributed by atoms with Crippen molar-refractivity contribution in [2.75, 3.05) is 5.32 Å². The van der Waals surface area contributed by atoms with Gasteiger partial charge in [0.15, 0.2) is 0 Å². The molecule has 0 spiro atoms. The molecule has 0 saturated heterocycles. The third kappa shape index (κ3) is 2.13. The monoisotopic (exact) mass is 262 g/mol. The number of thiazole rings is 1. The summed E-state index contributed by atoms with van der Waals surface area (Å²) in [6.45, 7) is 2.71. The van der Waals surface area contributed by atoms with Gasteiger partial charge in [-0.1, -0.05) is 0 Å². The third-order valence-electron chi connectivity index (χ3n) is 2.37. The molecule has 1 N–H and O–H groups in total. The lowest BCUT2D eigenvalue weighted by Crippen LogP contribution is -2.02. The van der Waals surface area contributed by atoms with Crippen LogP contribution in [-0.2, 0) is 6.54 Å². The second-order valence-electron chi connectivity index (χ2n) is 3.57. The Bertz CT molecular complexity index is 644. The molecular weight excluding hydrogens is 252 g/mol. The van der Waals surface area contributed by atoms with Gasteiger partial charge in [-0.05, 0) is 18.4 Å². The molecule has 3 heterocycles. The first kappa shape index (κ1) is 10.6. The zero-order valence-electron chi connectivity index (χ0n) is 9.17. The SMILES string of the molecule is Cc1nc(CNc2ncnc3sccc23)cs1. The first-order chi connectivity index (χ1) is 8.33. The number of aromatic nitrogens is 3. The number of fused-ring (bicyclic) bond motifs is 1. The van der Waals surface area contributed by atoms with Crippen LogP contribution < -0.4 is 5.32 Å². The lowest BCUT2D eigenvalue weighted by atomic mass is 10.3. The summed E-state index contributed by atoms with van der Waals surface area (Å²) in [6.07, 6.45) is 1.59. The molecule has 0 saturated carbocycles. The molecule has 0 aliphatic carbocycles. The molecule has 0 bridgehead atoms. The van der Waals surface area contributed by atoms with Crippen molar-refractivity contribution in [2.24, 2.45) is 0 Å². The highest BCUT2D eigenvalue weighted by Crippen LogP contribution is 2.24. The Morgan fingerprint density at radius 3 is 3.06 bits per heavy atom. The maximum absolute atomic E-state index is 4.41. The predicted molar refractivity (Wildman–Crippen MR) is 71.6 cm³/mol. The summed E-state index contributed by atoms with van der Waals surface area (Å²) in [6, 6.07) is 2.04. The largest absolute Gasteiger partial charge is 0.364 e. The maximum Gasteiger partial charge on any atom is 0.138 e. The number of nitrogens with zero attached hydrogens (tertiary/aromatic N) is 3. The Labute approximate surface area is 106 Å². The Morgan fingerprint density at radius 1 is 1.29 bits per heavy atom. The van der Waals surface area contributed by atoms with Gasteiger partial charge in [0.2, 0.25) is 0 Å². The van der Waals surface area contributed by atoms with Crippen LogP contribution >= 0.6 is 22.7 Å². The maximum atomic E-state index is 4.41. The Morgan fingerprint density at radius 2 is 2.24 bits per heavy atom. The summed E-state index contributed by atoms with van der Waals surface area (Å²) < 4.78 is 0. The minimum Gasteiger partial charge on any atom is -0.364 e. The van der Waals surface area contributed by atoms with Crippen molar-refractivity contribution >= 4 is 38.7 Å². The number of thiophene rings is 1. The number of hydrogen-bond acceptors (Lipinski definition) is 6. The van der Waals surface area contributed by atoms with Crippen LogP contribution in [0.15, 0.2) is 23.2 Å². The molecule has 0 aliphatic heterocycles. The van der Waals surface area contributed by atoms with E-state index in [1.165, 1.54) is 0 Å². The van der Waals surface area contributed by atoms with E-state index in [-0.39, 0.29) is 0 Å². The minimum atomic E-state index is 0.701. The Hall–Kier alpha value is -1.53. The standard InChI is InChI=1S/C11H10N4S2/c1-7-15-8(5-17-7)4-12-10-9-2-3-16-11(9)14-6-13-10/h2-3,5-6H,4H2,1H3,(H,12,13,14). The first-order valence-electron chi connectivity index (χ1n) is 5.16. The minimum absolute atomic E-state index is 0.701. The van der Waals surface area contributed by atoms with Gasteiger partial charge in [0, 0.05) is 5.38 Å². The van der Waals surface area contributed by atoms with Crippen molar-refractivity contribution < 1.29 is 0 Å². The van der Waals surface area contributed by atoms with Crippen molar-refractivity contribution in [3.63, 3.8) is 0 Å². The Balaban J connectivity index is 1.83. The fraction of sp³-hybridized carbons (Fsp3) is 0.182. The number of anilines is 1. The van der Waals surface area contributed by atoms with E-state index in [4.69, 9.17) is 0 Å². The smallest absolute Gasteiger partial charge is 0.138 e. The van der Waals surface area contributed by atoms with E-state index in [0.717, 1.165) is 26.7 Å². The molecule has 0 aliphatic rings. The molecule has 3 rings (SSSR count). The van der Waals surface area contributed by atoms with Gasteiger partial charge in [-0.3, -0.25) is 0 Å². The Kier molecular flexibility index (Phi) is 2.74. The van der Waals surface area contributed by atoms with Gasteiger partial charge in [0.25, 0.3) is 0 Å². The van der Waals surface area contributed by atoms with Gasteiger partial charge in [0.1, 0.15) is 17.0 Å². The van der Waals surface area contributed by atoms with E-state index < -0.39 is 0 Å². The van der Waals surface area contributed by atoms with Crippen LogP contribution in [0, 0.1) is 6.92 Å². The average molecular weight is 262 g/mol. The quantitative estimate of drug-likeness (QED) is 0.788. The van der Waals surface area contributed by atoms with Crippen LogP contribution in [0.2, 0.25) is 0 Å². The van der Waals surface area contributed by atoms with Crippen molar-refractivity contribution in [1.82, 2.24) is 15.0 Å². The van der Waals surface area contributed by atoms with E-state index in [2.05, 4.69) is 25.6 Å². The number of rotatable bonds is 3. The molecule has 4 nitrogen and oxygen atoms in total. The van der Waals surface area contributed by atoms with Gasteiger partial charge in [0.05, 0.1) is 22.6 Å². The van der Waals surface area contributed by atoms with Crippen LogP contribution in [0.25, 0.3) is 10.2 Å². The van der Waals surface area contributed by atoms with Gasteiger partial charge in [-0.15, -0.1) is 22.7 Å². The van der Waals surface area contributed by atoms with Gasteiger partial charge >= 0.3 is 0 Å². The molecule has 0 unspecified atom stereocenters. The second kappa shape index (κ2) is 4.38. The fourth-order valence-electron chi connectivity index (χ4n) is 1.59. The van der Waals surface area contributed by atoms with Crippen LogP contribution in [0.4, 0.5) is 5.82 Å². The second-order valence-corrected chi connectivity index (χ2v) is 5.53. The molecule has 6 heteroatoms. The topological polar surface area (TPSA) is 50.7 Å². The molecule has 0 radical (unpaired) electrons. The molecule has 0 amide bonds. The van der Waals surface area contributed by atoms with Crippen LogP contribution in [0.3, 0.4) is 0 Å². The van der Waals surface area contributed by atoms with Crippen LogP contribution in [-0.4, -0.2) is 15.0 Å². The van der Waals surface area contributed by atoms with Crippen LogP contribution in [0.1, 0.15) is 10.7 Å². The van der Waals surface area contributed by atoms with Gasteiger partial charge in [-0.25, -0.2) is 15.0 Å². The fourth-order valence-corrected chi connectivity index (χ4v) is 2.94. The molecular formula is C11H10N4S2. The summed E-state index contributed by atoms with van der Waals surface area (Å²) >= 11 is 3.29. The zero-order chi connectivity index (χ0) is 11.7. The number of hydrogen-bond donors (Lipinski definition) is 1. The number of aryl methyl sites for hydroxylation is 1. The van der Waals surface area contributed by atoms with Crippen molar-refractivity contribution in [3.05, 3.63) is 33.9 Å². The lowest BCUT2D eigenvalue weighted by Gasteiger charge is -2.03. The average Bonchev–Trinajstić information content (AvgIpc) is 2.94. The molecule has 0 atom stereocenters. The van der Waals surface area contributed by atoms with Crippen molar-refractivity contribution in [2.45, 2.75) is 13.5 Å².